The van der Waals surface area contributed by atoms with E-state index in [2.05, 4.69) is 20.6 Å². The van der Waals surface area contributed by atoms with Crippen LogP contribution in [0.25, 0.3) is 11.5 Å². The van der Waals surface area contributed by atoms with E-state index < -0.39 is 6.03 Å². The molecule has 0 aliphatic rings. The van der Waals surface area contributed by atoms with E-state index in [1.165, 1.54) is 24.3 Å². The number of rotatable bonds is 4. The number of benzene rings is 1. The Bertz CT molecular complexity index is 788. The number of aromatic nitrogens is 2. The standard InChI is InChI=1S/C16H13FN4O2/c17-11-3-5-12(6-4-11)21-16(22)20-10-13-15(19-8-7-18-13)14-2-1-9-23-14/h1-9H,10H2,(H2,20,21,22). The molecule has 0 bridgehead atoms. The van der Waals surface area contributed by atoms with Gasteiger partial charge >= 0.3 is 6.03 Å². The highest BCUT2D eigenvalue weighted by atomic mass is 19.1. The van der Waals surface area contributed by atoms with Gasteiger partial charge < -0.3 is 15.1 Å². The third-order valence-corrected chi connectivity index (χ3v) is 3.05. The Hall–Kier alpha value is -3.22. The lowest BCUT2D eigenvalue weighted by molar-refractivity contribution is 0.251. The van der Waals surface area contributed by atoms with Crippen molar-refractivity contribution >= 4 is 11.7 Å². The van der Waals surface area contributed by atoms with E-state index in [1.807, 2.05) is 0 Å². The van der Waals surface area contributed by atoms with Crippen LogP contribution in [0.3, 0.4) is 0 Å². The van der Waals surface area contributed by atoms with Gasteiger partial charge in [0.15, 0.2) is 5.76 Å². The van der Waals surface area contributed by atoms with Crippen LogP contribution < -0.4 is 10.6 Å². The molecule has 2 aromatic heterocycles. The molecule has 3 aromatic rings. The number of carbonyl (C=O) groups excluding carboxylic acids is 1. The van der Waals surface area contributed by atoms with E-state index in [1.54, 1.807) is 30.8 Å². The van der Waals surface area contributed by atoms with Crippen molar-refractivity contribution < 1.29 is 13.6 Å². The highest BCUT2D eigenvalue weighted by molar-refractivity contribution is 5.89. The first-order chi connectivity index (χ1) is 11.2. The zero-order chi connectivity index (χ0) is 16.1. The molecule has 0 fully saturated rings. The molecule has 6 nitrogen and oxygen atoms in total. The van der Waals surface area contributed by atoms with Crippen molar-refractivity contribution in [2.75, 3.05) is 5.32 Å². The van der Waals surface area contributed by atoms with Crippen molar-refractivity contribution in [2.45, 2.75) is 6.54 Å². The summed E-state index contributed by atoms with van der Waals surface area (Å²) in [5, 5.41) is 5.28. The number of urea groups is 1. The van der Waals surface area contributed by atoms with Gasteiger partial charge in [-0.1, -0.05) is 0 Å². The molecule has 0 aliphatic carbocycles. The molecule has 0 saturated heterocycles. The number of hydrogen-bond donors (Lipinski definition) is 2. The third kappa shape index (κ3) is 3.70. The molecule has 0 saturated carbocycles. The molecule has 2 amide bonds. The maximum absolute atomic E-state index is 12.8. The van der Waals surface area contributed by atoms with E-state index in [0.29, 0.717) is 22.8 Å². The van der Waals surface area contributed by atoms with E-state index in [4.69, 9.17) is 4.42 Å². The number of hydrogen-bond acceptors (Lipinski definition) is 4. The number of amides is 2. The van der Waals surface area contributed by atoms with Crippen molar-refractivity contribution in [3.05, 3.63) is 66.6 Å². The first-order valence-corrected chi connectivity index (χ1v) is 6.86. The average Bonchev–Trinajstić information content (AvgIpc) is 3.10. The zero-order valence-corrected chi connectivity index (χ0v) is 12.0. The number of carbonyl (C=O) groups is 1. The molecule has 3 rings (SSSR count). The molecule has 0 aliphatic heterocycles. The Morgan fingerprint density at radius 3 is 2.65 bits per heavy atom. The largest absolute Gasteiger partial charge is 0.463 e. The fourth-order valence-corrected chi connectivity index (χ4v) is 1.99. The minimum absolute atomic E-state index is 0.177. The number of nitrogens with zero attached hydrogens (tertiary/aromatic N) is 2. The summed E-state index contributed by atoms with van der Waals surface area (Å²) in [7, 11) is 0. The quantitative estimate of drug-likeness (QED) is 0.775. The van der Waals surface area contributed by atoms with E-state index in [0.717, 1.165) is 0 Å². The molecule has 0 unspecified atom stereocenters. The third-order valence-electron chi connectivity index (χ3n) is 3.05. The maximum atomic E-state index is 12.8. The van der Waals surface area contributed by atoms with Crippen LogP contribution in [0, 0.1) is 5.82 Å². The average molecular weight is 312 g/mol. The van der Waals surface area contributed by atoms with Gasteiger partial charge in [-0.3, -0.25) is 4.98 Å². The second kappa shape index (κ2) is 6.69. The van der Waals surface area contributed by atoms with E-state index in [9.17, 15) is 9.18 Å². The van der Waals surface area contributed by atoms with E-state index >= 15 is 0 Å². The van der Waals surface area contributed by atoms with Crippen LogP contribution in [0.15, 0.2) is 59.5 Å². The summed E-state index contributed by atoms with van der Waals surface area (Å²) in [6, 6.07) is 8.60. The molecule has 23 heavy (non-hydrogen) atoms. The second-order valence-electron chi connectivity index (χ2n) is 4.64. The lowest BCUT2D eigenvalue weighted by Crippen LogP contribution is -2.28. The zero-order valence-electron chi connectivity index (χ0n) is 12.0. The van der Waals surface area contributed by atoms with Crippen LogP contribution in [0.4, 0.5) is 14.9 Å². The summed E-state index contributed by atoms with van der Waals surface area (Å²) in [5.74, 6) is 0.215. The van der Waals surface area contributed by atoms with Crippen LogP contribution in [0.5, 0.6) is 0 Å². The Balaban J connectivity index is 1.64. The minimum Gasteiger partial charge on any atom is -0.463 e. The highest BCUT2D eigenvalue weighted by Gasteiger charge is 2.11. The van der Waals surface area contributed by atoms with Crippen molar-refractivity contribution in [1.82, 2.24) is 15.3 Å². The summed E-state index contributed by atoms with van der Waals surface area (Å²) >= 11 is 0. The summed E-state index contributed by atoms with van der Waals surface area (Å²) in [4.78, 5) is 20.3. The number of nitrogens with one attached hydrogen (secondary N) is 2. The first kappa shape index (κ1) is 14.7. The SMILES string of the molecule is O=C(NCc1nccnc1-c1ccco1)Nc1ccc(F)cc1. The second-order valence-corrected chi connectivity index (χ2v) is 4.64. The van der Waals surface area contributed by atoms with Gasteiger partial charge in [0, 0.05) is 18.1 Å². The van der Waals surface area contributed by atoms with Crippen LogP contribution in [-0.4, -0.2) is 16.0 Å². The Morgan fingerprint density at radius 2 is 1.91 bits per heavy atom. The molecule has 0 radical (unpaired) electrons. The van der Waals surface area contributed by atoms with Crippen LogP contribution in [0.1, 0.15) is 5.69 Å². The minimum atomic E-state index is -0.423. The molecule has 116 valence electrons. The fraction of sp³-hybridized carbons (Fsp3) is 0.0625. The van der Waals surface area contributed by atoms with Gasteiger partial charge in [0.25, 0.3) is 0 Å². The molecule has 7 heteroatoms. The Morgan fingerprint density at radius 1 is 1.13 bits per heavy atom. The molecule has 2 heterocycles. The molecular weight excluding hydrogens is 299 g/mol. The summed E-state index contributed by atoms with van der Waals surface area (Å²) in [5.41, 5.74) is 1.64. The van der Waals surface area contributed by atoms with Crippen molar-refractivity contribution in [2.24, 2.45) is 0 Å². The monoisotopic (exact) mass is 312 g/mol. The molecule has 0 atom stereocenters. The summed E-state index contributed by atoms with van der Waals surface area (Å²) < 4.78 is 18.1. The fourth-order valence-electron chi connectivity index (χ4n) is 1.99. The van der Waals surface area contributed by atoms with Crippen LogP contribution >= 0.6 is 0 Å². The Labute approximate surface area is 131 Å². The van der Waals surface area contributed by atoms with Gasteiger partial charge in [0.2, 0.25) is 0 Å². The van der Waals surface area contributed by atoms with Gasteiger partial charge in [0.1, 0.15) is 11.5 Å². The predicted molar refractivity (Wildman–Crippen MR) is 82.0 cm³/mol. The van der Waals surface area contributed by atoms with Gasteiger partial charge in [-0.2, -0.15) is 0 Å². The van der Waals surface area contributed by atoms with Crippen LogP contribution in [-0.2, 0) is 6.54 Å². The van der Waals surface area contributed by atoms with Crippen molar-refractivity contribution in [3.8, 4) is 11.5 Å². The molecular formula is C16H13FN4O2. The normalized spacial score (nSPS) is 10.3. The molecule has 0 spiro atoms. The van der Waals surface area contributed by atoms with Crippen molar-refractivity contribution in [3.63, 3.8) is 0 Å². The van der Waals surface area contributed by atoms with Gasteiger partial charge in [-0.15, -0.1) is 0 Å². The number of anilines is 1. The maximum Gasteiger partial charge on any atom is 0.319 e. The van der Waals surface area contributed by atoms with Gasteiger partial charge in [-0.05, 0) is 36.4 Å². The summed E-state index contributed by atoms with van der Waals surface area (Å²) in [6.45, 7) is 0.177. The van der Waals surface area contributed by atoms with Gasteiger partial charge in [0.05, 0.1) is 18.5 Å². The lowest BCUT2D eigenvalue weighted by Gasteiger charge is -2.09. The number of furan rings is 1. The first-order valence-electron chi connectivity index (χ1n) is 6.86. The number of halogens is 1. The predicted octanol–water partition coefficient (Wildman–Crippen LogP) is 3.20. The molecule has 2 N–H and O–H groups in total. The lowest BCUT2D eigenvalue weighted by atomic mass is 10.2. The van der Waals surface area contributed by atoms with Gasteiger partial charge in [-0.25, -0.2) is 14.2 Å². The topological polar surface area (TPSA) is 80.1 Å². The van der Waals surface area contributed by atoms with Crippen LogP contribution in [0.2, 0.25) is 0 Å². The highest BCUT2D eigenvalue weighted by Crippen LogP contribution is 2.19. The summed E-state index contributed by atoms with van der Waals surface area (Å²) in [6.07, 6.45) is 4.64. The van der Waals surface area contributed by atoms with Crippen molar-refractivity contribution in [1.29, 1.82) is 0 Å². The smallest absolute Gasteiger partial charge is 0.319 e. The van der Waals surface area contributed by atoms with E-state index in [-0.39, 0.29) is 12.4 Å². The molecule has 1 aromatic carbocycles. The Kier molecular flexibility index (Phi) is 4.28.